The molecule has 0 aromatic carbocycles. The van der Waals surface area contributed by atoms with Gasteiger partial charge in [-0.3, -0.25) is 0 Å². The van der Waals surface area contributed by atoms with E-state index in [1.165, 1.54) is 10.9 Å². The number of pyridine rings is 1. The number of fused-ring (bicyclic) bond motifs is 1. The predicted octanol–water partition coefficient (Wildman–Crippen LogP) is 2.94. The largest absolute Gasteiger partial charge is 0.332 e. The van der Waals surface area contributed by atoms with Crippen LogP contribution in [0.2, 0.25) is 0 Å². The smallest absolute Gasteiger partial charge is 0.140 e. The standard InChI is InChI=1S/C14H21N3/c1-4-8-17-10-12(9-16-11(2)3)13-6-5-7-15-14(13)17/h5-7,10-11,16H,4,8-9H2,1-3H3. The second-order valence-corrected chi connectivity index (χ2v) is 4.76. The molecule has 0 unspecified atom stereocenters. The van der Waals surface area contributed by atoms with E-state index in [0.717, 1.165) is 25.2 Å². The summed E-state index contributed by atoms with van der Waals surface area (Å²) in [6.07, 6.45) is 5.24. The molecule has 2 aromatic heterocycles. The van der Waals surface area contributed by atoms with E-state index in [2.05, 4.69) is 47.9 Å². The van der Waals surface area contributed by atoms with Gasteiger partial charge in [0.15, 0.2) is 0 Å². The first-order valence-electron chi connectivity index (χ1n) is 6.38. The van der Waals surface area contributed by atoms with Gasteiger partial charge in [-0.25, -0.2) is 4.98 Å². The molecule has 3 nitrogen and oxygen atoms in total. The molecule has 0 aliphatic carbocycles. The van der Waals surface area contributed by atoms with Crippen molar-refractivity contribution in [2.75, 3.05) is 0 Å². The Bertz CT molecular complexity index is 485. The summed E-state index contributed by atoms with van der Waals surface area (Å²) >= 11 is 0. The van der Waals surface area contributed by atoms with E-state index < -0.39 is 0 Å². The predicted molar refractivity (Wildman–Crippen MR) is 72.0 cm³/mol. The van der Waals surface area contributed by atoms with Gasteiger partial charge in [-0.15, -0.1) is 0 Å². The van der Waals surface area contributed by atoms with Gasteiger partial charge >= 0.3 is 0 Å². The quantitative estimate of drug-likeness (QED) is 0.857. The van der Waals surface area contributed by atoms with Crippen LogP contribution in [0.3, 0.4) is 0 Å². The first-order valence-corrected chi connectivity index (χ1v) is 6.38. The number of hydrogen-bond donors (Lipinski definition) is 1. The second-order valence-electron chi connectivity index (χ2n) is 4.76. The van der Waals surface area contributed by atoms with Crippen molar-refractivity contribution in [1.82, 2.24) is 14.9 Å². The fraction of sp³-hybridized carbons (Fsp3) is 0.500. The van der Waals surface area contributed by atoms with Crippen molar-refractivity contribution in [3.63, 3.8) is 0 Å². The molecular formula is C14H21N3. The highest BCUT2D eigenvalue weighted by Gasteiger charge is 2.08. The lowest BCUT2D eigenvalue weighted by molar-refractivity contribution is 0.588. The summed E-state index contributed by atoms with van der Waals surface area (Å²) in [6, 6.07) is 4.68. The molecule has 0 fully saturated rings. The minimum atomic E-state index is 0.510. The van der Waals surface area contributed by atoms with Gasteiger partial charge in [0.1, 0.15) is 5.65 Å². The Morgan fingerprint density at radius 1 is 1.41 bits per heavy atom. The highest BCUT2D eigenvalue weighted by molar-refractivity contribution is 5.80. The van der Waals surface area contributed by atoms with Gasteiger partial charge in [0.2, 0.25) is 0 Å². The fourth-order valence-corrected chi connectivity index (χ4v) is 2.06. The van der Waals surface area contributed by atoms with Crippen LogP contribution in [0.5, 0.6) is 0 Å². The molecule has 0 saturated carbocycles. The first-order chi connectivity index (χ1) is 8.22. The highest BCUT2D eigenvalue weighted by atomic mass is 15.0. The third kappa shape index (κ3) is 2.67. The Labute approximate surface area is 103 Å². The molecule has 0 spiro atoms. The van der Waals surface area contributed by atoms with E-state index >= 15 is 0 Å². The van der Waals surface area contributed by atoms with Crippen molar-refractivity contribution < 1.29 is 0 Å². The van der Waals surface area contributed by atoms with Gasteiger partial charge < -0.3 is 9.88 Å². The molecule has 2 aromatic rings. The van der Waals surface area contributed by atoms with Gasteiger partial charge in [0.05, 0.1) is 0 Å². The van der Waals surface area contributed by atoms with Crippen LogP contribution in [-0.4, -0.2) is 15.6 Å². The lowest BCUT2D eigenvalue weighted by Gasteiger charge is -2.06. The molecular weight excluding hydrogens is 210 g/mol. The summed E-state index contributed by atoms with van der Waals surface area (Å²) in [7, 11) is 0. The number of aromatic nitrogens is 2. The van der Waals surface area contributed by atoms with E-state index in [1.54, 1.807) is 0 Å². The van der Waals surface area contributed by atoms with Crippen molar-refractivity contribution in [2.24, 2.45) is 0 Å². The minimum absolute atomic E-state index is 0.510. The van der Waals surface area contributed by atoms with Gasteiger partial charge in [0, 0.05) is 36.9 Å². The number of rotatable bonds is 5. The third-order valence-corrected chi connectivity index (χ3v) is 2.88. The van der Waals surface area contributed by atoms with Crippen LogP contribution >= 0.6 is 0 Å². The first kappa shape index (κ1) is 12.1. The summed E-state index contributed by atoms with van der Waals surface area (Å²) in [5, 5.41) is 4.74. The number of hydrogen-bond acceptors (Lipinski definition) is 2. The molecule has 0 aliphatic rings. The Kier molecular flexibility index (Phi) is 3.79. The Hall–Kier alpha value is -1.35. The summed E-state index contributed by atoms with van der Waals surface area (Å²) in [5.74, 6) is 0. The molecule has 92 valence electrons. The monoisotopic (exact) mass is 231 g/mol. The zero-order valence-corrected chi connectivity index (χ0v) is 10.9. The molecule has 17 heavy (non-hydrogen) atoms. The SMILES string of the molecule is CCCn1cc(CNC(C)C)c2cccnc21. The van der Waals surface area contributed by atoms with Crippen LogP contribution in [0.25, 0.3) is 11.0 Å². The molecule has 0 saturated heterocycles. The molecule has 0 radical (unpaired) electrons. The maximum atomic E-state index is 4.48. The van der Waals surface area contributed by atoms with Crippen LogP contribution in [0.15, 0.2) is 24.5 Å². The zero-order chi connectivity index (χ0) is 12.3. The zero-order valence-electron chi connectivity index (χ0n) is 10.9. The topological polar surface area (TPSA) is 29.9 Å². The van der Waals surface area contributed by atoms with Crippen LogP contribution in [0.4, 0.5) is 0 Å². The third-order valence-electron chi connectivity index (χ3n) is 2.88. The summed E-state index contributed by atoms with van der Waals surface area (Å²) in [5.41, 5.74) is 2.45. The van der Waals surface area contributed by atoms with Crippen molar-refractivity contribution in [3.8, 4) is 0 Å². The van der Waals surface area contributed by atoms with Gasteiger partial charge in [-0.2, -0.15) is 0 Å². The van der Waals surface area contributed by atoms with Gasteiger partial charge in [-0.05, 0) is 24.1 Å². The van der Waals surface area contributed by atoms with Crippen molar-refractivity contribution >= 4 is 11.0 Å². The molecule has 0 atom stereocenters. The molecule has 2 heterocycles. The average molecular weight is 231 g/mol. The Morgan fingerprint density at radius 3 is 2.94 bits per heavy atom. The van der Waals surface area contributed by atoms with Crippen molar-refractivity contribution in [3.05, 3.63) is 30.1 Å². The molecule has 2 rings (SSSR count). The Morgan fingerprint density at radius 2 is 2.24 bits per heavy atom. The molecule has 0 aliphatic heterocycles. The van der Waals surface area contributed by atoms with E-state index in [4.69, 9.17) is 0 Å². The van der Waals surface area contributed by atoms with E-state index in [-0.39, 0.29) is 0 Å². The van der Waals surface area contributed by atoms with Gasteiger partial charge in [-0.1, -0.05) is 20.8 Å². The van der Waals surface area contributed by atoms with E-state index in [1.807, 2.05) is 12.3 Å². The molecule has 3 heteroatoms. The fourth-order valence-electron chi connectivity index (χ4n) is 2.06. The number of nitrogens with zero attached hydrogens (tertiary/aromatic N) is 2. The summed E-state index contributed by atoms with van der Waals surface area (Å²) in [6.45, 7) is 8.49. The lowest BCUT2D eigenvalue weighted by atomic mass is 10.2. The highest BCUT2D eigenvalue weighted by Crippen LogP contribution is 2.19. The maximum Gasteiger partial charge on any atom is 0.140 e. The summed E-state index contributed by atoms with van der Waals surface area (Å²) in [4.78, 5) is 4.48. The molecule has 1 N–H and O–H groups in total. The number of aryl methyl sites for hydroxylation is 1. The second kappa shape index (κ2) is 5.32. The average Bonchev–Trinajstić information content (AvgIpc) is 2.66. The van der Waals surface area contributed by atoms with Crippen LogP contribution in [0, 0.1) is 0 Å². The van der Waals surface area contributed by atoms with E-state index in [0.29, 0.717) is 6.04 Å². The summed E-state index contributed by atoms with van der Waals surface area (Å²) < 4.78 is 2.26. The maximum absolute atomic E-state index is 4.48. The lowest BCUT2D eigenvalue weighted by Crippen LogP contribution is -2.21. The van der Waals surface area contributed by atoms with Gasteiger partial charge in [0.25, 0.3) is 0 Å². The minimum Gasteiger partial charge on any atom is -0.332 e. The molecule has 0 bridgehead atoms. The number of nitrogens with one attached hydrogen (secondary N) is 1. The van der Waals surface area contributed by atoms with E-state index in [9.17, 15) is 0 Å². The van der Waals surface area contributed by atoms with Crippen molar-refractivity contribution in [2.45, 2.75) is 46.3 Å². The van der Waals surface area contributed by atoms with Crippen LogP contribution in [-0.2, 0) is 13.1 Å². The normalized spacial score (nSPS) is 11.5. The Balaban J connectivity index is 2.34. The van der Waals surface area contributed by atoms with Crippen LogP contribution < -0.4 is 5.32 Å². The van der Waals surface area contributed by atoms with Crippen LogP contribution in [0.1, 0.15) is 32.8 Å². The molecule has 0 amide bonds. The van der Waals surface area contributed by atoms with Crippen molar-refractivity contribution in [1.29, 1.82) is 0 Å².